The lowest BCUT2D eigenvalue weighted by molar-refractivity contribution is 0.414. The van der Waals surface area contributed by atoms with Crippen molar-refractivity contribution in [3.63, 3.8) is 0 Å². The van der Waals surface area contributed by atoms with E-state index in [0.29, 0.717) is 0 Å². The highest BCUT2D eigenvalue weighted by Crippen LogP contribution is 2.23. The molecular weight excluding hydrogens is 232 g/mol. The first kappa shape index (κ1) is 17.0. The molecule has 1 rings (SSSR count). The van der Waals surface area contributed by atoms with Crippen molar-refractivity contribution < 1.29 is 4.74 Å². The molecule has 0 bridgehead atoms. The van der Waals surface area contributed by atoms with Gasteiger partial charge in [0.05, 0.1) is 7.11 Å². The molecule has 19 heavy (non-hydrogen) atoms. The molecular formula is C18H24O. The molecule has 1 aromatic carbocycles. The van der Waals surface area contributed by atoms with E-state index in [9.17, 15) is 0 Å². The van der Waals surface area contributed by atoms with E-state index in [1.807, 2.05) is 18.2 Å². The van der Waals surface area contributed by atoms with Crippen LogP contribution in [0.4, 0.5) is 0 Å². The third-order valence-corrected chi connectivity index (χ3v) is 2.52. The summed E-state index contributed by atoms with van der Waals surface area (Å²) in [7, 11) is 1.68. The summed E-state index contributed by atoms with van der Waals surface area (Å²) in [4.78, 5) is 0. The zero-order chi connectivity index (χ0) is 14.8. The van der Waals surface area contributed by atoms with Crippen LogP contribution in [-0.2, 0) is 0 Å². The monoisotopic (exact) mass is 256 g/mol. The summed E-state index contributed by atoms with van der Waals surface area (Å²) in [5.74, 6) is 0.863. The predicted molar refractivity (Wildman–Crippen MR) is 87.4 cm³/mol. The molecule has 1 heteroatoms. The Morgan fingerprint density at radius 2 is 1.68 bits per heavy atom. The number of allylic oxidation sites excluding steroid dienone is 4. The highest BCUT2D eigenvalue weighted by Gasteiger charge is 2.00. The summed E-state index contributed by atoms with van der Waals surface area (Å²) in [5.41, 5.74) is 4.74. The fourth-order valence-corrected chi connectivity index (χ4v) is 1.47. The molecule has 0 aliphatic heterocycles. The van der Waals surface area contributed by atoms with Gasteiger partial charge >= 0.3 is 0 Å². The SMILES string of the molecule is C=C.C=Cc1cc(OC)cc(/C(C)=C/C=C(C)C)c1. The van der Waals surface area contributed by atoms with Gasteiger partial charge in [0.15, 0.2) is 0 Å². The third-order valence-electron chi connectivity index (χ3n) is 2.52. The predicted octanol–water partition coefficient (Wildman–Crippen LogP) is 5.51. The second-order valence-electron chi connectivity index (χ2n) is 4.29. The Kier molecular flexibility index (Phi) is 8.03. The van der Waals surface area contributed by atoms with Crippen LogP contribution in [0.2, 0.25) is 0 Å². The summed E-state index contributed by atoms with van der Waals surface area (Å²) < 4.78 is 5.28. The summed E-state index contributed by atoms with van der Waals surface area (Å²) in [6.45, 7) is 16.1. The minimum absolute atomic E-state index is 0.863. The largest absolute Gasteiger partial charge is 0.497 e. The molecule has 0 saturated heterocycles. The van der Waals surface area contributed by atoms with Crippen molar-refractivity contribution in [3.05, 3.63) is 66.8 Å². The molecule has 0 amide bonds. The fraction of sp³-hybridized carbons (Fsp3) is 0.222. The minimum atomic E-state index is 0.863. The van der Waals surface area contributed by atoms with Crippen LogP contribution in [0.5, 0.6) is 5.75 Å². The maximum atomic E-state index is 5.28. The molecule has 0 unspecified atom stereocenters. The van der Waals surface area contributed by atoms with Gasteiger partial charge in [-0.25, -0.2) is 0 Å². The van der Waals surface area contributed by atoms with E-state index in [-0.39, 0.29) is 0 Å². The Hall–Kier alpha value is -2.02. The normalized spacial score (nSPS) is 10.0. The molecule has 0 heterocycles. The number of methoxy groups -OCH3 is 1. The summed E-state index contributed by atoms with van der Waals surface area (Å²) in [6, 6.07) is 6.13. The van der Waals surface area contributed by atoms with Crippen molar-refractivity contribution in [3.8, 4) is 5.75 Å². The molecule has 0 fully saturated rings. The first-order valence-electron chi connectivity index (χ1n) is 6.20. The molecule has 1 nitrogen and oxygen atoms in total. The summed E-state index contributed by atoms with van der Waals surface area (Å²) in [5, 5.41) is 0. The Labute approximate surface area is 117 Å². The van der Waals surface area contributed by atoms with E-state index < -0.39 is 0 Å². The second-order valence-corrected chi connectivity index (χ2v) is 4.29. The molecule has 0 N–H and O–H groups in total. The molecule has 0 radical (unpaired) electrons. The van der Waals surface area contributed by atoms with Gasteiger partial charge < -0.3 is 4.74 Å². The molecule has 0 aliphatic rings. The molecule has 1 aromatic rings. The molecule has 0 aliphatic carbocycles. The molecule has 0 saturated carbocycles. The Morgan fingerprint density at radius 3 is 2.16 bits per heavy atom. The second kappa shape index (κ2) is 8.98. The van der Waals surface area contributed by atoms with Crippen LogP contribution < -0.4 is 4.74 Å². The summed E-state index contributed by atoms with van der Waals surface area (Å²) >= 11 is 0. The van der Waals surface area contributed by atoms with Crippen molar-refractivity contribution in [2.75, 3.05) is 7.11 Å². The number of ether oxygens (including phenoxy) is 1. The first-order valence-corrected chi connectivity index (χ1v) is 6.20. The lowest BCUT2D eigenvalue weighted by Gasteiger charge is -2.07. The van der Waals surface area contributed by atoms with Gasteiger partial charge in [0.25, 0.3) is 0 Å². The van der Waals surface area contributed by atoms with E-state index in [0.717, 1.165) is 16.9 Å². The van der Waals surface area contributed by atoms with Crippen molar-refractivity contribution in [2.45, 2.75) is 20.8 Å². The highest BCUT2D eigenvalue weighted by atomic mass is 16.5. The third kappa shape index (κ3) is 5.91. The van der Waals surface area contributed by atoms with Crippen LogP contribution in [0.25, 0.3) is 11.6 Å². The smallest absolute Gasteiger partial charge is 0.120 e. The van der Waals surface area contributed by atoms with E-state index in [1.165, 1.54) is 11.1 Å². The van der Waals surface area contributed by atoms with Gasteiger partial charge in [0.2, 0.25) is 0 Å². The van der Waals surface area contributed by atoms with Crippen LogP contribution >= 0.6 is 0 Å². The molecule has 102 valence electrons. The lowest BCUT2D eigenvalue weighted by Crippen LogP contribution is -1.87. The molecule has 0 atom stereocenters. The number of hydrogen-bond donors (Lipinski definition) is 0. The van der Waals surface area contributed by atoms with Gasteiger partial charge in [-0.1, -0.05) is 30.4 Å². The maximum Gasteiger partial charge on any atom is 0.120 e. The van der Waals surface area contributed by atoms with Crippen molar-refractivity contribution in [1.82, 2.24) is 0 Å². The zero-order valence-corrected chi connectivity index (χ0v) is 12.5. The zero-order valence-electron chi connectivity index (χ0n) is 12.5. The number of rotatable bonds is 4. The Morgan fingerprint density at radius 1 is 1.05 bits per heavy atom. The van der Waals surface area contributed by atoms with Gasteiger partial charge in [-0.3, -0.25) is 0 Å². The maximum absolute atomic E-state index is 5.28. The van der Waals surface area contributed by atoms with Crippen LogP contribution in [0.1, 0.15) is 31.9 Å². The van der Waals surface area contributed by atoms with Crippen LogP contribution in [0.3, 0.4) is 0 Å². The standard InChI is InChI=1S/C16H20O.C2H4/c1-6-14-9-15(11-16(10-14)17-5)13(4)8-7-12(2)3;1-2/h6-11H,1H2,2-5H3;1-2H2/b13-8+;. The van der Waals surface area contributed by atoms with Crippen molar-refractivity contribution in [1.29, 1.82) is 0 Å². The highest BCUT2D eigenvalue weighted by molar-refractivity contribution is 5.69. The van der Waals surface area contributed by atoms with Crippen LogP contribution in [0, 0.1) is 0 Å². The topological polar surface area (TPSA) is 9.23 Å². The van der Waals surface area contributed by atoms with Gasteiger partial charge in [0.1, 0.15) is 5.75 Å². The van der Waals surface area contributed by atoms with Crippen molar-refractivity contribution >= 4 is 11.6 Å². The van der Waals surface area contributed by atoms with E-state index in [2.05, 4.69) is 58.7 Å². The first-order chi connectivity index (χ1) is 9.06. The van der Waals surface area contributed by atoms with Gasteiger partial charge in [0, 0.05) is 0 Å². The van der Waals surface area contributed by atoms with E-state index in [4.69, 9.17) is 4.74 Å². The Bertz CT molecular complexity index is 474. The lowest BCUT2D eigenvalue weighted by atomic mass is 10.0. The minimum Gasteiger partial charge on any atom is -0.497 e. The average Bonchev–Trinajstić information content (AvgIpc) is 2.46. The average molecular weight is 256 g/mol. The van der Waals surface area contributed by atoms with Crippen LogP contribution in [0.15, 0.2) is 55.7 Å². The number of hydrogen-bond acceptors (Lipinski definition) is 1. The van der Waals surface area contributed by atoms with Gasteiger partial charge in [-0.2, -0.15) is 0 Å². The fourth-order valence-electron chi connectivity index (χ4n) is 1.47. The van der Waals surface area contributed by atoms with Gasteiger partial charge in [-0.15, -0.1) is 13.2 Å². The summed E-state index contributed by atoms with van der Waals surface area (Å²) in [6.07, 6.45) is 6.07. The van der Waals surface area contributed by atoms with Crippen LogP contribution in [-0.4, -0.2) is 7.11 Å². The Balaban J connectivity index is 0.00000154. The van der Waals surface area contributed by atoms with Gasteiger partial charge in [-0.05, 0) is 55.7 Å². The van der Waals surface area contributed by atoms with E-state index >= 15 is 0 Å². The van der Waals surface area contributed by atoms with E-state index in [1.54, 1.807) is 7.11 Å². The quantitative estimate of drug-likeness (QED) is 0.510. The molecule has 0 aromatic heterocycles. The molecule has 0 spiro atoms. The number of benzene rings is 1. The van der Waals surface area contributed by atoms with Crippen molar-refractivity contribution in [2.24, 2.45) is 0 Å².